The van der Waals surface area contributed by atoms with E-state index < -0.39 is 74.5 Å². The first kappa shape index (κ1) is 27.6. The van der Waals surface area contributed by atoms with Gasteiger partial charge in [0.25, 0.3) is 11.4 Å². The summed E-state index contributed by atoms with van der Waals surface area (Å²) in [5, 5.41) is 29.6. The van der Waals surface area contributed by atoms with E-state index in [-0.39, 0.29) is 33.4 Å². The molecule has 0 saturated heterocycles. The van der Waals surface area contributed by atoms with Crippen molar-refractivity contribution in [3.05, 3.63) is 139 Å². The number of rotatable bonds is 2. The predicted molar refractivity (Wildman–Crippen MR) is 139 cm³/mol. The van der Waals surface area contributed by atoms with Crippen LogP contribution in [-0.4, -0.2) is 9.97 Å². The molecule has 2 aliphatic carbocycles. The molecule has 2 aromatic heterocycles. The Hall–Kier alpha value is -6.93. The number of hydrogen-bond donors (Lipinski definition) is 0. The molecule has 8 nitrogen and oxygen atoms in total. The van der Waals surface area contributed by atoms with Gasteiger partial charge >= 0.3 is 0 Å². The summed E-state index contributed by atoms with van der Waals surface area (Å²) in [6.07, 6.45) is 0. The summed E-state index contributed by atoms with van der Waals surface area (Å²) < 4.78 is 73.5. The third-order valence-corrected chi connectivity index (χ3v) is 6.51. The van der Waals surface area contributed by atoms with Crippen molar-refractivity contribution in [1.82, 2.24) is 9.97 Å². The van der Waals surface area contributed by atoms with E-state index in [1.165, 1.54) is 0 Å². The number of halogens is 5. The van der Waals surface area contributed by atoms with Gasteiger partial charge in [-0.05, 0) is 45.5 Å². The normalized spacial score (nSPS) is 15.3. The Morgan fingerprint density at radius 2 is 1.09 bits per heavy atom. The number of aromatic nitrogens is 2. The monoisotopic (exact) mass is 572 g/mol. The minimum absolute atomic E-state index is 0.284. The Morgan fingerprint density at radius 1 is 0.651 bits per heavy atom. The van der Waals surface area contributed by atoms with E-state index in [4.69, 9.17) is 19.7 Å². The maximum Gasteiger partial charge on any atom is 0.270 e. The lowest BCUT2D eigenvalue weighted by atomic mass is 9.90. The average molecular weight is 572 g/mol. The highest BCUT2D eigenvalue weighted by Crippen LogP contribution is 2.56. The molecule has 43 heavy (non-hydrogen) atoms. The first-order chi connectivity index (χ1) is 20.6. The van der Waals surface area contributed by atoms with E-state index >= 15 is 4.39 Å². The van der Waals surface area contributed by atoms with Crippen LogP contribution < -0.4 is 0 Å². The minimum atomic E-state index is -1.32. The van der Waals surface area contributed by atoms with Gasteiger partial charge in [-0.25, -0.2) is 29.4 Å². The number of pyridine rings is 2. The molecule has 0 saturated carbocycles. The second-order valence-corrected chi connectivity index (χ2v) is 8.63. The van der Waals surface area contributed by atoms with Gasteiger partial charge in [-0.15, -0.1) is 0 Å². The molecular weight excluding hydrogens is 567 g/mol. The van der Waals surface area contributed by atoms with Crippen molar-refractivity contribution in [2.24, 2.45) is 0 Å². The van der Waals surface area contributed by atoms with Crippen LogP contribution in [-0.2, 0) is 0 Å². The molecule has 2 aliphatic rings. The van der Waals surface area contributed by atoms with Crippen LogP contribution in [0, 0.1) is 83.3 Å². The van der Waals surface area contributed by atoms with Gasteiger partial charge in [0.2, 0.25) is 29.5 Å². The molecule has 1 aromatic carbocycles. The van der Waals surface area contributed by atoms with Crippen molar-refractivity contribution in [3.8, 4) is 18.2 Å². The van der Waals surface area contributed by atoms with E-state index in [1.54, 1.807) is 18.2 Å². The van der Waals surface area contributed by atoms with Gasteiger partial charge in [0, 0.05) is 34.4 Å². The first-order valence-corrected chi connectivity index (χ1v) is 11.5. The second-order valence-electron chi connectivity index (χ2n) is 8.63. The topological polar surface area (TPSA) is 110 Å². The van der Waals surface area contributed by atoms with Crippen LogP contribution in [0.25, 0.3) is 48.1 Å². The molecule has 0 bridgehead atoms. The van der Waals surface area contributed by atoms with Crippen molar-refractivity contribution in [3.63, 3.8) is 0 Å². The Bertz CT molecular complexity index is 2020. The highest BCUT2D eigenvalue weighted by molar-refractivity contribution is 6.29. The van der Waals surface area contributed by atoms with E-state index in [2.05, 4.69) is 24.5 Å². The molecule has 0 atom stereocenters. The molecule has 0 unspecified atom stereocenters. The van der Waals surface area contributed by atoms with Gasteiger partial charge < -0.3 is 0 Å². The summed E-state index contributed by atoms with van der Waals surface area (Å²) in [6.45, 7) is 22.8. The van der Waals surface area contributed by atoms with Crippen LogP contribution in [0.2, 0.25) is 0 Å². The zero-order chi connectivity index (χ0) is 31.2. The lowest BCUT2D eigenvalue weighted by Crippen LogP contribution is -2.01. The number of nitrogens with zero attached hydrogens (tertiary/aromatic N) is 8. The number of nitriles is 3. The van der Waals surface area contributed by atoms with Gasteiger partial charge in [0.15, 0.2) is 0 Å². The number of fused-ring (bicyclic) bond motifs is 2. The van der Waals surface area contributed by atoms with E-state index in [0.717, 1.165) is 6.07 Å². The maximum atomic E-state index is 16.9. The van der Waals surface area contributed by atoms with E-state index in [1.807, 2.05) is 0 Å². The van der Waals surface area contributed by atoms with Crippen LogP contribution in [0.3, 0.4) is 0 Å². The summed E-state index contributed by atoms with van der Waals surface area (Å²) >= 11 is 0. The third kappa shape index (κ3) is 4.07. The molecule has 0 amide bonds. The van der Waals surface area contributed by atoms with Crippen LogP contribution in [0.1, 0.15) is 33.4 Å². The number of allylic oxidation sites excluding steroid dienone is 7. The highest BCUT2D eigenvalue weighted by atomic mass is 19.2. The molecular formula is C30H5F5N8. The molecule has 200 valence electrons. The van der Waals surface area contributed by atoms with Crippen molar-refractivity contribution in [2.45, 2.75) is 0 Å². The van der Waals surface area contributed by atoms with Gasteiger partial charge in [0.1, 0.15) is 11.9 Å². The van der Waals surface area contributed by atoms with Crippen LogP contribution in [0.4, 0.5) is 22.0 Å². The Labute approximate surface area is 238 Å². The van der Waals surface area contributed by atoms with Crippen LogP contribution in [0.5, 0.6) is 0 Å². The molecule has 5 rings (SSSR count). The fourth-order valence-corrected chi connectivity index (χ4v) is 5.05. The first-order valence-electron chi connectivity index (χ1n) is 11.5. The Morgan fingerprint density at radius 3 is 1.51 bits per heavy atom. The minimum Gasteiger partial charge on any atom is -0.237 e. The summed E-state index contributed by atoms with van der Waals surface area (Å²) in [5.41, 5.74) is -6.62. The summed E-state index contributed by atoms with van der Waals surface area (Å²) in [4.78, 5) is 15.6. The number of hydrogen-bond acceptors (Lipinski definition) is 5. The summed E-state index contributed by atoms with van der Waals surface area (Å²) in [6, 6.07) is 8.90. The standard InChI is InChI=1S/C30H5F5N8/c1-39-17(10-37)27-23(12-4-19(31)42-20(32)5-12)16(9-36)14-8-15-26(29(35)25(14)27)28(18(11-38)40-2)24(30(15)41-3)13-6-21(33)43-22(34)7-13/h4-8H/b27-17-,28-18+. The number of benzene rings is 1. The second kappa shape index (κ2) is 10.2. The van der Waals surface area contributed by atoms with Crippen molar-refractivity contribution < 1.29 is 22.0 Å². The summed E-state index contributed by atoms with van der Waals surface area (Å²) in [5.74, 6) is -6.58. The largest absolute Gasteiger partial charge is 0.270 e. The van der Waals surface area contributed by atoms with Crippen LogP contribution in [0.15, 0.2) is 41.7 Å². The molecule has 13 heteroatoms. The van der Waals surface area contributed by atoms with Gasteiger partial charge in [-0.1, -0.05) is 6.07 Å². The van der Waals surface area contributed by atoms with Gasteiger partial charge in [0.05, 0.1) is 37.4 Å². The zero-order valence-corrected chi connectivity index (χ0v) is 20.9. The quantitative estimate of drug-likeness (QED) is 0.146. The van der Waals surface area contributed by atoms with Crippen molar-refractivity contribution in [1.29, 1.82) is 15.8 Å². The molecule has 0 N–H and O–H groups in total. The zero-order valence-electron chi connectivity index (χ0n) is 20.9. The molecule has 0 fully saturated rings. The van der Waals surface area contributed by atoms with E-state index in [9.17, 15) is 33.3 Å². The Balaban J connectivity index is 2.01. The molecule has 2 heterocycles. The predicted octanol–water partition coefficient (Wildman–Crippen LogP) is 6.73. The molecule has 0 radical (unpaired) electrons. The van der Waals surface area contributed by atoms with Crippen molar-refractivity contribution >= 4 is 33.6 Å². The van der Waals surface area contributed by atoms with Gasteiger partial charge in [-0.3, -0.25) is 0 Å². The summed E-state index contributed by atoms with van der Waals surface area (Å²) in [7, 11) is 0. The van der Waals surface area contributed by atoms with Crippen LogP contribution >= 0.6 is 0 Å². The lowest BCUT2D eigenvalue weighted by Gasteiger charge is -2.14. The Kier molecular flexibility index (Phi) is 6.58. The van der Waals surface area contributed by atoms with Gasteiger partial charge in [-0.2, -0.15) is 32.8 Å². The lowest BCUT2D eigenvalue weighted by molar-refractivity contribution is 0.511. The maximum absolute atomic E-state index is 16.9. The fraction of sp³-hybridized carbons (Fsp3) is 0. The highest BCUT2D eigenvalue weighted by Gasteiger charge is 2.41. The molecule has 0 spiro atoms. The van der Waals surface area contributed by atoms with E-state index in [0.29, 0.717) is 24.3 Å². The SMILES string of the molecule is [C-]#[N+]C1=C(c2cc(F)nc(F)c2)/C(=C(/C#N)[N+]#[C-])c2c1cc1c(c2F)/C(=C(/C#N)[N+]#[C-])C(c2cc(F)nc(F)c2)=C1C#N. The average Bonchev–Trinajstić information content (AvgIpc) is 3.47. The fourth-order valence-electron chi connectivity index (χ4n) is 5.05. The van der Waals surface area contributed by atoms with Crippen molar-refractivity contribution in [2.75, 3.05) is 0 Å². The third-order valence-electron chi connectivity index (χ3n) is 6.51. The molecule has 0 aliphatic heterocycles. The smallest absolute Gasteiger partial charge is 0.237 e. The molecule has 3 aromatic rings.